The van der Waals surface area contributed by atoms with Crippen LogP contribution in [0.1, 0.15) is 21.5 Å². The van der Waals surface area contributed by atoms with Crippen LogP contribution in [0.25, 0.3) is 11.3 Å². The molecule has 0 fully saturated rings. The first-order valence-corrected chi connectivity index (χ1v) is 12.6. The molecule has 8 heteroatoms. The predicted molar refractivity (Wildman–Crippen MR) is 133 cm³/mol. The number of nitrogens with one attached hydrogen (secondary N) is 1. The van der Waals surface area contributed by atoms with Gasteiger partial charge in [-0.15, -0.1) is 11.3 Å². The molecule has 33 heavy (non-hydrogen) atoms. The Bertz CT molecular complexity index is 1410. The van der Waals surface area contributed by atoms with Crippen molar-refractivity contribution >= 4 is 38.1 Å². The quantitative estimate of drug-likeness (QED) is 0.397. The molecular weight excluding hydrogens is 454 g/mol. The van der Waals surface area contributed by atoms with Gasteiger partial charge in [0.1, 0.15) is 0 Å². The van der Waals surface area contributed by atoms with Crippen LogP contribution in [0.15, 0.2) is 83.1 Å². The number of rotatable bonds is 6. The zero-order valence-electron chi connectivity index (χ0n) is 18.4. The smallest absolute Gasteiger partial charge is 0.264 e. The zero-order chi connectivity index (χ0) is 23.6. The lowest BCUT2D eigenvalue weighted by Crippen LogP contribution is -2.26. The Morgan fingerprint density at radius 2 is 1.73 bits per heavy atom. The SMILES string of the molecule is Cc1ccc(C)c(-c2csc(NC(=O)c3cccc(S(=O)(=O)N(C)c4ccccc4)c3)n2)c1. The minimum Gasteiger partial charge on any atom is -0.298 e. The maximum atomic E-state index is 13.1. The van der Waals surface area contributed by atoms with E-state index >= 15 is 0 Å². The molecule has 0 aliphatic carbocycles. The number of carbonyl (C=O) groups excluding carboxylic acids is 1. The molecular formula is C25H23N3O3S2. The van der Waals surface area contributed by atoms with E-state index in [-0.39, 0.29) is 10.5 Å². The summed E-state index contributed by atoms with van der Waals surface area (Å²) in [6.07, 6.45) is 0. The highest BCUT2D eigenvalue weighted by Gasteiger charge is 2.22. The highest BCUT2D eigenvalue weighted by atomic mass is 32.2. The molecule has 4 rings (SSSR count). The second-order valence-corrected chi connectivity index (χ2v) is 10.5. The van der Waals surface area contributed by atoms with E-state index in [4.69, 9.17) is 0 Å². The molecule has 3 aromatic carbocycles. The first kappa shape index (κ1) is 22.7. The van der Waals surface area contributed by atoms with Crippen molar-refractivity contribution in [2.24, 2.45) is 0 Å². The number of benzene rings is 3. The van der Waals surface area contributed by atoms with E-state index < -0.39 is 15.9 Å². The van der Waals surface area contributed by atoms with E-state index in [0.717, 1.165) is 22.4 Å². The van der Waals surface area contributed by atoms with Crippen LogP contribution in [0.5, 0.6) is 0 Å². The van der Waals surface area contributed by atoms with Gasteiger partial charge >= 0.3 is 0 Å². The fourth-order valence-corrected chi connectivity index (χ4v) is 5.32. The normalized spacial score (nSPS) is 11.2. The Morgan fingerprint density at radius 3 is 2.48 bits per heavy atom. The summed E-state index contributed by atoms with van der Waals surface area (Å²) < 4.78 is 27.3. The molecule has 0 saturated carbocycles. The number of nitrogens with zero attached hydrogens (tertiary/aromatic N) is 2. The summed E-state index contributed by atoms with van der Waals surface area (Å²) >= 11 is 1.32. The number of anilines is 2. The molecule has 4 aromatic rings. The summed E-state index contributed by atoms with van der Waals surface area (Å²) in [5.74, 6) is -0.420. The van der Waals surface area contributed by atoms with Gasteiger partial charge in [-0.05, 0) is 55.8 Å². The number of sulfonamides is 1. The van der Waals surface area contributed by atoms with E-state index in [9.17, 15) is 13.2 Å². The maximum absolute atomic E-state index is 13.1. The average Bonchev–Trinajstić information content (AvgIpc) is 3.29. The predicted octanol–water partition coefficient (Wildman–Crippen LogP) is 5.50. The van der Waals surface area contributed by atoms with Crippen molar-refractivity contribution in [3.8, 4) is 11.3 Å². The van der Waals surface area contributed by atoms with Crippen molar-refractivity contribution in [1.29, 1.82) is 0 Å². The van der Waals surface area contributed by atoms with Gasteiger partial charge < -0.3 is 0 Å². The highest BCUT2D eigenvalue weighted by molar-refractivity contribution is 7.92. The van der Waals surface area contributed by atoms with Crippen LogP contribution >= 0.6 is 11.3 Å². The second kappa shape index (κ2) is 9.17. The van der Waals surface area contributed by atoms with Gasteiger partial charge in [-0.3, -0.25) is 14.4 Å². The number of thiazole rings is 1. The Labute approximate surface area is 197 Å². The Kier molecular flexibility index (Phi) is 6.31. The highest BCUT2D eigenvalue weighted by Crippen LogP contribution is 2.29. The van der Waals surface area contributed by atoms with E-state index in [1.807, 2.05) is 37.4 Å². The molecule has 1 amide bonds. The first-order chi connectivity index (χ1) is 15.8. The topological polar surface area (TPSA) is 79.4 Å². The van der Waals surface area contributed by atoms with Gasteiger partial charge in [0.15, 0.2) is 5.13 Å². The van der Waals surface area contributed by atoms with Crippen molar-refractivity contribution in [3.05, 3.63) is 94.9 Å². The summed E-state index contributed by atoms with van der Waals surface area (Å²) in [6, 6.07) is 20.9. The molecule has 0 unspecified atom stereocenters. The minimum absolute atomic E-state index is 0.0386. The summed E-state index contributed by atoms with van der Waals surface area (Å²) in [5.41, 5.74) is 4.81. The van der Waals surface area contributed by atoms with E-state index in [2.05, 4.69) is 16.4 Å². The number of amides is 1. The molecule has 1 N–H and O–H groups in total. The molecule has 6 nitrogen and oxygen atoms in total. The van der Waals surface area contributed by atoms with Gasteiger partial charge in [0.25, 0.3) is 15.9 Å². The van der Waals surface area contributed by atoms with Crippen LogP contribution in [0.2, 0.25) is 0 Å². The molecule has 1 heterocycles. The molecule has 0 radical (unpaired) electrons. The lowest BCUT2D eigenvalue weighted by Gasteiger charge is -2.19. The summed E-state index contributed by atoms with van der Waals surface area (Å²) in [4.78, 5) is 17.4. The first-order valence-electron chi connectivity index (χ1n) is 10.2. The molecule has 0 saturated heterocycles. The van der Waals surface area contributed by atoms with Crippen LogP contribution in [0.4, 0.5) is 10.8 Å². The number of para-hydroxylation sites is 1. The van der Waals surface area contributed by atoms with Crippen molar-refractivity contribution in [1.82, 2.24) is 4.98 Å². The molecule has 0 aliphatic heterocycles. The van der Waals surface area contributed by atoms with Gasteiger partial charge in [0.05, 0.1) is 16.3 Å². The van der Waals surface area contributed by atoms with Crippen molar-refractivity contribution < 1.29 is 13.2 Å². The molecule has 0 aliphatic rings. The number of aromatic nitrogens is 1. The third-order valence-corrected chi connectivity index (χ3v) is 7.81. The number of aryl methyl sites for hydroxylation is 2. The van der Waals surface area contributed by atoms with Crippen molar-refractivity contribution in [2.75, 3.05) is 16.7 Å². The summed E-state index contributed by atoms with van der Waals surface area (Å²) in [7, 11) is -2.33. The van der Waals surface area contributed by atoms with Gasteiger partial charge in [0, 0.05) is 23.6 Å². The standard InChI is InChI=1S/C25H23N3O3S2/c1-17-12-13-18(2)22(14-17)23-16-32-25(26-23)27-24(29)19-8-7-11-21(15-19)33(30,31)28(3)20-9-5-4-6-10-20/h4-16H,1-3H3,(H,26,27,29). The van der Waals surface area contributed by atoms with Crippen molar-refractivity contribution in [3.63, 3.8) is 0 Å². The van der Waals surface area contributed by atoms with Gasteiger partial charge in [-0.25, -0.2) is 13.4 Å². The minimum atomic E-state index is -3.82. The van der Waals surface area contributed by atoms with Crippen molar-refractivity contribution in [2.45, 2.75) is 18.7 Å². The molecule has 0 bridgehead atoms. The molecule has 168 valence electrons. The third kappa shape index (κ3) is 4.81. The Hall–Kier alpha value is -3.49. The monoisotopic (exact) mass is 477 g/mol. The molecule has 0 atom stereocenters. The average molecular weight is 478 g/mol. The second-order valence-electron chi connectivity index (χ2n) is 7.65. The summed E-state index contributed by atoms with van der Waals surface area (Å²) in [5, 5.41) is 5.13. The summed E-state index contributed by atoms with van der Waals surface area (Å²) in [6.45, 7) is 4.04. The van der Waals surface area contributed by atoms with Crippen LogP contribution in [0.3, 0.4) is 0 Å². The molecule has 1 aromatic heterocycles. The lowest BCUT2D eigenvalue weighted by molar-refractivity contribution is 0.102. The lowest BCUT2D eigenvalue weighted by atomic mass is 10.0. The fourth-order valence-electron chi connectivity index (χ4n) is 3.37. The van der Waals surface area contributed by atoms with E-state index in [1.165, 1.54) is 34.8 Å². The number of carbonyl (C=O) groups is 1. The van der Waals surface area contributed by atoms with Gasteiger partial charge in [-0.2, -0.15) is 0 Å². The van der Waals surface area contributed by atoms with Gasteiger partial charge in [0.2, 0.25) is 0 Å². The number of hydrogen-bond acceptors (Lipinski definition) is 5. The van der Waals surface area contributed by atoms with Crippen LogP contribution in [-0.4, -0.2) is 26.4 Å². The van der Waals surface area contributed by atoms with Crippen LogP contribution in [-0.2, 0) is 10.0 Å². The molecule has 0 spiro atoms. The van der Waals surface area contributed by atoms with Gasteiger partial charge in [-0.1, -0.05) is 42.0 Å². The Balaban J connectivity index is 1.55. The fraction of sp³-hybridized carbons (Fsp3) is 0.120. The Morgan fingerprint density at radius 1 is 0.970 bits per heavy atom. The largest absolute Gasteiger partial charge is 0.298 e. The van der Waals surface area contributed by atoms with E-state index in [0.29, 0.717) is 10.8 Å². The zero-order valence-corrected chi connectivity index (χ0v) is 20.1. The third-order valence-electron chi connectivity index (χ3n) is 5.27. The van der Waals surface area contributed by atoms with Crippen LogP contribution < -0.4 is 9.62 Å². The maximum Gasteiger partial charge on any atom is 0.264 e. The number of hydrogen-bond donors (Lipinski definition) is 1. The van der Waals surface area contributed by atoms with E-state index in [1.54, 1.807) is 36.4 Å². The van der Waals surface area contributed by atoms with Crippen LogP contribution in [0, 0.1) is 13.8 Å².